The van der Waals surface area contributed by atoms with Gasteiger partial charge in [-0.3, -0.25) is 0 Å². The zero-order valence-electron chi connectivity index (χ0n) is 12.2. The Hall–Kier alpha value is -1.91. The van der Waals surface area contributed by atoms with E-state index in [2.05, 4.69) is 45.1 Å². The molecule has 2 fully saturated rings. The first-order valence-corrected chi connectivity index (χ1v) is 7.98. The highest BCUT2D eigenvalue weighted by atomic mass is 15.5. The Bertz CT molecular complexity index is 573. The van der Waals surface area contributed by atoms with E-state index in [-0.39, 0.29) is 0 Å². The molecule has 0 spiro atoms. The average molecular weight is 283 g/mol. The molecule has 2 atom stereocenters. The van der Waals surface area contributed by atoms with E-state index in [1.165, 1.54) is 44.2 Å². The number of hydrogen-bond donors (Lipinski definition) is 1. The Labute approximate surface area is 124 Å². The summed E-state index contributed by atoms with van der Waals surface area (Å²) in [7, 11) is 0. The minimum absolute atomic E-state index is 0.642. The van der Waals surface area contributed by atoms with Crippen LogP contribution in [0.15, 0.2) is 30.6 Å². The Morgan fingerprint density at radius 2 is 1.86 bits per heavy atom. The average Bonchev–Trinajstić information content (AvgIpc) is 3.24. The lowest BCUT2D eigenvalue weighted by Crippen LogP contribution is -2.28. The van der Waals surface area contributed by atoms with E-state index >= 15 is 0 Å². The van der Waals surface area contributed by atoms with Gasteiger partial charge in [0.2, 0.25) is 0 Å². The fraction of sp³-hybridized carbons (Fsp3) is 0.562. The maximum atomic E-state index is 3.90. The van der Waals surface area contributed by atoms with Crippen molar-refractivity contribution in [3.63, 3.8) is 0 Å². The van der Waals surface area contributed by atoms with Crippen molar-refractivity contribution in [3.05, 3.63) is 30.6 Å². The number of benzene rings is 1. The van der Waals surface area contributed by atoms with E-state index in [1.807, 2.05) is 0 Å². The smallest absolute Gasteiger partial charge is 0.143 e. The van der Waals surface area contributed by atoms with Crippen molar-refractivity contribution in [2.24, 2.45) is 11.8 Å². The van der Waals surface area contributed by atoms with Gasteiger partial charge in [-0.2, -0.15) is 0 Å². The first kappa shape index (κ1) is 12.8. The first-order valence-electron chi connectivity index (χ1n) is 7.98. The van der Waals surface area contributed by atoms with Crippen molar-refractivity contribution in [2.75, 3.05) is 5.32 Å². The summed E-state index contributed by atoms with van der Waals surface area (Å²) in [6.45, 7) is 0. The third-order valence-electron chi connectivity index (χ3n) is 4.86. The highest BCUT2D eigenvalue weighted by Crippen LogP contribution is 2.44. The first-order chi connectivity index (χ1) is 10.4. The normalized spacial score (nSPS) is 25.7. The van der Waals surface area contributed by atoms with Crippen LogP contribution in [0, 0.1) is 11.8 Å². The molecule has 0 radical (unpaired) electrons. The van der Waals surface area contributed by atoms with Crippen LogP contribution in [0.2, 0.25) is 0 Å². The molecule has 1 heterocycles. The van der Waals surface area contributed by atoms with Crippen LogP contribution in [0.4, 0.5) is 5.69 Å². The van der Waals surface area contributed by atoms with E-state index in [0.717, 1.165) is 17.5 Å². The largest absolute Gasteiger partial charge is 0.382 e. The standard InChI is InChI=1S/C16H21N5/c1-2-13(12-4-5-12)10-15(3-1)18-14-6-8-16(9-7-14)21-11-17-19-20-21/h6-9,11-13,15,18H,1-5,10H2. The third-order valence-corrected chi connectivity index (χ3v) is 4.86. The molecule has 1 aromatic carbocycles. The van der Waals surface area contributed by atoms with Crippen LogP contribution < -0.4 is 5.32 Å². The van der Waals surface area contributed by atoms with E-state index < -0.39 is 0 Å². The second kappa shape index (κ2) is 5.47. The van der Waals surface area contributed by atoms with Gasteiger partial charge in [0, 0.05) is 11.7 Å². The molecule has 5 heteroatoms. The molecule has 0 amide bonds. The summed E-state index contributed by atoms with van der Waals surface area (Å²) in [5.41, 5.74) is 2.19. The summed E-state index contributed by atoms with van der Waals surface area (Å²) in [5, 5.41) is 14.9. The molecular weight excluding hydrogens is 262 g/mol. The van der Waals surface area contributed by atoms with Gasteiger partial charge in [0.1, 0.15) is 6.33 Å². The fourth-order valence-corrected chi connectivity index (χ4v) is 3.58. The Morgan fingerprint density at radius 1 is 1.00 bits per heavy atom. The van der Waals surface area contributed by atoms with E-state index in [0.29, 0.717) is 6.04 Å². The number of anilines is 1. The number of aromatic nitrogens is 4. The van der Waals surface area contributed by atoms with E-state index in [1.54, 1.807) is 11.0 Å². The minimum atomic E-state index is 0.642. The van der Waals surface area contributed by atoms with Gasteiger partial charge in [0.15, 0.2) is 0 Å². The highest BCUT2D eigenvalue weighted by Gasteiger charge is 2.34. The zero-order valence-corrected chi connectivity index (χ0v) is 12.2. The van der Waals surface area contributed by atoms with Crippen molar-refractivity contribution >= 4 is 5.69 Å². The van der Waals surface area contributed by atoms with Gasteiger partial charge in [0.25, 0.3) is 0 Å². The third kappa shape index (κ3) is 2.91. The molecule has 0 aliphatic heterocycles. The highest BCUT2D eigenvalue weighted by molar-refractivity contribution is 5.49. The SMILES string of the molecule is c1cc(-n2cnnn2)ccc1NC1CCCC(C2CC2)C1. The summed E-state index contributed by atoms with van der Waals surface area (Å²) in [6.07, 6.45) is 10.0. The lowest BCUT2D eigenvalue weighted by atomic mass is 9.82. The second-order valence-corrected chi connectivity index (χ2v) is 6.41. The molecule has 1 aromatic heterocycles. The Kier molecular flexibility index (Phi) is 3.33. The van der Waals surface area contributed by atoms with Gasteiger partial charge in [0.05, 0.1) is 5.69 Å². The van der Waals surface area contributed by atoms with Crippen LogP contribution in [0.1, 0.15) is 38.5 Å². The Morgan fingerprint density at radius 3 is 2.57 bits per heavy atom. The van der Waals surface area contributed by atoms with Crippen LogP contribution in [-0.4, -0.2) is 26.2 Å². The van der Waals surface area contributed by atoms with Gasteiger partial charge in [-0.1, -0.05) is 12.8 Å². The Balaban J connectivity index is 1.40. The number of hydrogen-bond acceptors (Lipinski definition) is 4. The number of nitrogens with zero attached hydrogens (tertiary/aromatic N) is 4. The van der Waals surface area contributed by atoms with Crippen LogP contribution >= 0.6 is 0 Å². The van der Waals surface area contributed by atoms with Crippen molar-refractivity contribution in [1.82, 2.24) is 20.2 Å². The van der Waals surface area contributed by atoms with Gasteiger partial charge >= 0.3 is 0 Å². The van der Waals surface area contributed by atoms with Crippen LogP contribution in [0.25, 0.3) is 5.69 Å². The van der Waals surface area contributed by atoms with Crippen LogP contribution in [0.5, 0.6) is 0 Å². The monoisotopic (exact) mass is 283 g/mol. The molecule has 2 aliphatic rings. The van der Waals surface area contributed by atoms with Gasteiger partial charge in [-0.25, -0.2) is 4.68 Å². The topological polar surface area (TPSA) is 55.6 Å². The molecule has 0 saturated heterocycles. The van der Waals surface area contributed by atoms with Crippen molar-refractivity contribution < 1.29 is 0 Å². The lowest BCUT2D eigenvalue weighted by Gasteiger charge is -2.30. The molecule has 2 aliphatic carbocycles. The molecule has 2 aromatic rings. The summed E-state index contributed by atoms with van der Waals surface area (Å²) >= 11 is 0. The molecule has 110 valence electrons. The van der Waals surface area contributed by atoms with Crippen molar-refractivity contribution in [3.8, 4) is 5.69 Å². The molecule has 0 bridgehead atoms. The molecule has 2 saturated carbocycles. The quantitative estimate of drug-likeness (QED) is 0.937. The lowest BCUT2D eigenvalue weighted by molar-refractivity contribution is 0.303. The number of rotatable bonds is 4. The van der Waals surface area contributed by atoms with Gasteiger partial charge in [-0.05, 0) is 72.2 Å². The maximum absolute atomic E-state index is 3.90. The van der Waals surface area contributed by atoms with E-state index in [9.17, 15) is 0 Å². The summed E-state index contributed by atoms with van der Waals surface area (Å²) in [6, 6.07) is 9.00. The molecular formula is C16H21N5. The minimum Gasteiger partial charge on any atom is -0.382 e. The number of tetrazole rings is 1. The molecule has 21 heavy (non-hydrogen) atoms. The molecule has 2 unspecified atom stereocenters. The molecule has 5 nitrogen and oxygen atoms in total. The van der Waals surface area contributed by atoms with Crippen LogP contribution in [0.3, 0.4) is 0 Å². The van der Waals surface area contributed by atoms with Crippen LogP contribution in [-0.2, 0) is 0 Å². The second-order valence-electron chi connectivity index (χ2n) is 6.41. The molecule has 1 N–H and O–H groups in total. The predicted molar refractivity (Wildman–Crippen MR) is 81.2 cm³/mol. The molecule has 4 rings (SSSR count). The maximum Gasteiger partial charge on any atom is 0.143 e. The van der Waals surface area contributed by atoms with E-state index in [4.69, 9.17) is 0 Å². The van der Waals surface area contributed by atoms with Crippen molar-refractivity contribution in [1.29, 1.82) is 0 Å². The van der Waals surface area contributed by atoms with Gasteiger partial charge < -0.3 is 5.32 Å². The zero-order chi connectivity index (χ0) is 14.1. The summed E-state index contributed by atoms with van der Waals surface area (Å²) < 4.78 is 1.67. The predicted octanol–water partition coefficient (Wildman–Crippen LogP) is 3.04. The summed E-state index contributed by atoms with van der Waals surface area (Å²) in [5.74, 6) is 2.01. The van der Waals surface area contributed by atoms with Crippen molar-refractivity contribution in [2.45, 2.75) is 44.6 Å². The summed E-state index contributed by atoms with van der Waals surface area (Å²) in [4.78, 5) is 0. The van der Waals surface area contributed by atoms with Gasteiger partial charge in [-0.15, -0.1) is 5.10 Å². The fourth-order valence-electron chi connectivity index (χ4n) is 3.58. The number of nitrogens with one attached hydrogen (secondary N) is 1.